The molecule has 154 valence electrons. The molecule has 1 heterocycles. The summed E-state index contributed by atoms with van der Waals surface area (Å²) in [5.41, 5.74) is 2.42. The molecule has 1 fully saturated rings. The number of benzene rings is 2. The van der Waals surface area contributed by atoms with Crippen molar-refractivity contribution in [2.24, 2.45) is 0 Å². The van der Waals surface area contributed by atoms with Gasteiger partial charge in [0.2, 0.25) is 5.76 Å². The first kappa shape index (κ1) is 19.9. The van der Waals surface area contributed by atoms with Gasteiger partial charge in [0.25, 0.3) is 5.91 Å². The third-order valence-electron chi connectivity index (χ3n) is 5.13. The molecule has 1 unspecified atom stereocenters. The fraction of sp³-hybridized carbons (Fsp3) is 0.292. The largest absolute Gasteiger partial charge is 0.464 e. The van der Waals surface area contributed by atoms with Crippen LogP contribution in [0.2, 0.25) is 0 Å². The minimum absolute atomic E-state index is 0.000827. The van der Waals surface area contributed by atoms with Crippen LogP contribution in [0.5, 0.6) is 0 Å². The predicted molar refractivity (Wildman–Crippen MR) is 112 cm³/mol. The second-order valence-electron chi connectivity index (χ2n) is 7.34. The predicted octanol–water partition coefficient (Wildman–Crippen LogP) is 4.12. The molecule has 1 atom stereocenters. The highest BCUT2D eigenvalue weighted by Gasteiger charge is 2.42. The quantitative estimate of drug-likeness (QED) is 0.528. The van der Waals surface area contributed by atoms with Crippen LogP contribution in [0.4, 0.5) is 0 Å². The standard InChI is InChI=1S/C24H24N2O4/c1-2-29-24(28)21(15-17-9-5-3-6-10-17)26(19-13-14-19)23(27)22-16-20(25-30-22)18-11-7-4-8-12-18/h3-12,16,19,21H,2,13-15H2,1H3. The minimum atomic E-state index is -0.711. The molecule has 1 aliphatic rings. The van der Waals surface area contributed by atoms with Crippen molar-refractivity contribution in [3.63, 3.8) is 0 Å². The lowest BCUT2D eigenvalue weighted by Gasteiger charge is -2.29. The molecule has 6 nitrogen and oxygen atoms in total. The number of hydrogen-bond donors (Lipinski definition) is 0. The van der Waals surface area contributed by atoms with E-state index in [-0.39, 0.29) is 24.3 Å². The Morgan fingerprint density at radius 1 is 1.10 bits per heavy atom. The third kappa shape index (κ3) is 4.43. The van der Waals surface area contributed by atoms with Crippen LogP contribution >= 0.6 is 0 Å². The summed E-state index contributed by atoms with van der Waals surface area (Å²) >= 11 is 0. The van der Waals surface area contributed by atoms with Gasteiger partial charge in [-0.2, -0.15) is 0 Å². The molecule has 0 saturated heterocycles. The van der Waals surface area contributed by atoms with Gasteiger partial charge in [-0.15, -0.1) is 0 Å². The third-order valence-corrected chi connectivity index (χ3v) is 5.13. The molecule has 0 spiro atoms. The van der Waals surface area contributed by atoms with E-state index in [1.165, 1.54) is 0 Å². The van der Waals surface area contributed by atoms with Crippen molar-refractivity contribution in [3.05, 3.63) is 78.1 Å². The van der Waals surface area contributed by atoms with Crippen molar-refractivity contribution in [1.82, 2.24) is 10.1 Å². The van der Waals surface area contributed by atoms with Gasteiger partial charge in [0.15, 0.2) is 0 Å². The van der Waals surface area contributed by atoms with Crippen LogP contribution in [-0.4, -0.2) is 40.6 Å². The summed E-state index contributed by atoms with van der Waals surface area (Å²) in [6, 6.07) is 20.1. The maximum Gasteiger partial charge on any atom is 0.329 e. The molecule has 1 aliphatic carbocycles. The van der Waals surface area contributed by atoms with Gasteiger partial charge in [0, 0.05) is 24.1 Å². The Morgan fingerprint density at radius 3 is 2.40 bits per heavy atom. The summed E-state index contributed by atoms with van der Waals surface area (Å²) < 4.78 is 10.7. The Kier molecular flexibility index (Phi) is 5.93. The van der Waals surface area contributed by atoms with Crippen LogP contribution in [-0.2, 0) is 16.0 Å². The Labute approximate surface area is 175 Å². The average Bonchev–Trinajstić information content (AvgIpc) is 3.49. The van der Waals surface area contributed by atoms with Crippen LogP contribution in [0.1, 0.15) is 35.9 Å². The van der Waals surface area contributed by atoms with Gasteiger partial charge in [-0.3, -0.25) is 4.79 Å². The second-order valence-corrected chi connectivity index (χ2v) is 7.34. The Morgan fingerprint density at radius 2 is 1.77 bits per heavy atom. The highest BCUT2D eigenvalue weighted by Crippen LogP contribution is 2.32. The van der Waals surface area contributed by atoms with Gasteiger partial charge in [-0.05, 0) is 25.3 Å². The molecule has 1 aromatic heterocycles. The van der Waals surface area contributed by atoms with Crippen LogP contribution < -0.4 is 0 Å². The molecule has 1 saturated carbocycles. The van der Waals surface area contributed by atoms with Crippen molar-refractivity contribution in [2.45, 2.75) is 38.3 Å². The highest BCUT2D eigenvalue weighted by atomic mass is 16.5. The molecule has 2 aromatic carbocycles. The zero-order chi connectivity index (χ0) is 20.9. The van der Waals surface area contributed by atoms with E-state index in [4.69, 9.17) is 9.26 Å². The lowest BCUT2D eigenvalue weighted by atomic mass is 10.0. The summed E-state index contributed by atoms with van der Waals surface area (Å²) in [6.07, 6.45) is 2.10. The van der Waals surface area contributed by atoms with Crippen LogP contribution in [0.15, 0.2) is 71.3 Å². The summed E-state index contributed by atoms with van der Waals surface area (Å²) in [4.78, 5) is 27.8. The van der Waals surface area contributed by atoms with Crippen LogP contribution in [0.25, 0.3) is 11.3 Å². The Bertz CT molecular complexity index is 996. The van der Waals surface area contributed by atoms with Crippen molar-refractivity contribution < 1.29 is 18.8 Å². The summed E-state index contributed by atoms with van der Waals surface area (Å²) in [5.74, 6) is -0.603. The summed E-state index contributed by atoms with van der Waals surface area (Å²) in [7, 11) is 0. The molecule has 0 bridgehead atoms. The van der Waals surface area contributed by atoms with Crippen molar-refractivity contribution in [3.8, 4) is 11.3 Å². The SMILES string of the molecule is CCOC(=O)C(Cc1ccccc1)N(C(=O)c1cc(-c2ccccc2)no1)C1CC1. The maximum absolute atomic E-state index is 13.4. The van der Waals surface area contributed by atoms with E-state index >= 15 is 0 Å². The number of rotatable bonds is 8. The molecule has 6 heteroatoms. The van der Waals surface area contributed by atoms with E-state index in [2.05, 4.69) is 5.16 Å². The van der Waals surface area contributed by atoms with E-state index in [0.717, 1.165) is 24.0 Å². The molecule has 4 rings (SSSR count). The van der Waals surface area contributed by atoms with Crippen LogP contribution in [0, 0.1) is 0 Å². The first-order valence-corrected chi connectivity index (χ1v) is 10.2. The number of carbonyl (C=O) groups excluding carboxylic acids is 2. The van der Waals surface area contributed by atoms with Gasteiger partial charge >= 0.3 is 5.97 Å². The number of ether oxygens (including phenoxy) is 1. The van der Waals surface area contributed by atoms with Gasteiger partial charge < -0.3 is 14.2 Å². The molecule has 0 N–H and O–H groups in total. The second kappa shape index (κ2) is 8.95. The molecular weight excluding hydrogens is 380 g/mol. The van der Waals surface area contributed by atoms with Crippen LogP contribution in [0.3, 0.4) is 0 Å². The number of esters is 1. The number of aromatic nitrogens is 1. The maximum atomic E-state index is 13.4. The molecule has 1 amide bonds. The molecule has 30 heavy (non-hydrogen) atoms. The minimum Gasteiger partial charge on any atom is -0.464 e. The lowest BCUT2D eigenvalue weighted by Crippen LogP contribution is -2.48. The monoisotopic (exact) mass is 404 g/mol. The van der Waals surface area contributed by atoms with Crippen molar-refractivity contribution >= 4 is 11.9 Å². The van der Waals surface area contributed by atoms with Crippen molar-refractivity contribution in [2.75, 3.05) is 6.61 Å². The first-order valence-electron chi connectivity index (χ1n) is 10.2. The normalized spacial score (nSPS) is 14.2. The topological polar surface area (TPSA) is 72.6 Å². The van der Waals surface area contributed by atoms with Crippen molar-refractivity contribution in [1.29, 1.82) is 0 Å². The van der Waals surface area contributed by atoms with E-state index in [1.54, 1.807) is 17.9 Å². The fourth-order valence-corrected chi connectivity index (χ4v) is 3.53. The van der Waals surface area contributed by atoms with E-state index in [1.807, 2.05) is 60.7 Å². The first-order chi connectivity index (χ1) is 14.7. The van der Waals surface area contributed by atoms with E-state index in [0.29, 0.717) is 12.1 Å². The summed E-state index contributed by atoms with van der Waals surface area (Å²) in [6.45, 7) is 2.03. The molecular formula is C24H24N2O4. The average molecular weight is 404 g/mol. The Hall–Kier alpha value is -3.41. The summed E-state index contributed by atoms with van der Waals surface area (Å²) in [5, 5.41) is 4.06. The number of amides is 1. The molecule has 3 aromatic rings. The molecule has 0 radical (unpaired) electrons. The van der Waals surface area contributed by atoms with Gasteiger partial charge in [0.1, 0.15) is 11.7 Å². The Balaban J connectivity index is 1.62. The number of carbonyl (C=O) groups is 2. The zero-order valence-corrected chi connectivity index (χ0v) is 16.9. The van der Waals surface area contributed by atoms with E-state index < -0.39 is 12.0 Å². The van der Waals surface area contributed by atoms with E-state index in [9.17, 15) is 9.59 Å². The zero-order valence-electron chi connectivity index (χ0n) is 16.9. The molecule has 0 aliphatic heterocycles. The van der Waals surface area contributed by atoms with Gasteiger partial charge in [0.05, 0.1) is 6.61 Å². The van der Waals surface area contributed by atoms with Gasteiger partial charge in [-0.25, -0.2) is 4.79 Å². The smallest absolute Gasteiger partial charge is 0.329 e. The van der Waals surface area contributed by atoms with Gasteiger partial charge in [-0.1, -0.05) is 65.8 Å². The number of hydrogen-bond acceptors (Lipinski definition) is 5. The number of nitrogens with zero attached hydrogens (tertiary/aromatic N) is 2. The highest BCUT2D eigenvalue weighted by molar-refractivity contribution is 5.96. The lowest BCUT2D eigenvalue weighted by molar-refractivity contribution is -0.148. The fourth-order valence-electron chi connectivity index (χ4n) is 3.53.